The van der Waals surface area contributed by atoms with Crippen LogP contribution in [-0.4, -0.2) is 25.7 Å². The van der Waals surface area contributed by atoms with Crippen LogP contribution in [0, 0.1) is 5.41 Å². The summed E-state index contributed by atoms with van der Waals surface area (Å²) in [6.07, 6.45) is 0. The second kappa shape index (κ2) is 5.08. The number of rotatable bonds is 4. The molecule has 0 saturated carbocycles. The number of ether oxygens (including phenoxy) is 1. The van der Waals surface area contributed by atoms with E-state index in [-0.39, 0.29) is 5.91 Å². The average molecular weight is 248 g/mol. The number of nitrogens with two attached hydrogens (primary N) is 1. The Morgan fingerprint density at radius 2 is 2.11 bits per heavy atom. The Hall–Kier alpha value is -1.39. The highest BCUT2D eigenvalue weighted by Crippen LogP contribution is 2.30. The minimum Gasteiger partial charge on any atom is -0.379 e. The first kappa shape index (κ1) is 13.1. The van der Waals surface area contributed by atoms with Gasteiger partial charge in [-0.2, -0.15) is 0 Å². The van der Waals surface area contributed by atoms with Crippen LogP contribution in [0.15, 0.2) is 24.3 Å². The van der Waals surface area contributed by atoms with Crippen LogP contribution in [-0.2, 0) is 9.53 Å². The molecule has 0 unspecified atom stereocenters. The summed E-state index contributed by atoms with van der Waals surface area (Å²) in [5, 5.41) is 2.99. The topological polar surface area (TPSA) is 64.4 Å². The van der Waals surface area contributed by atoms with Crippen molar-refractivity contribution in [3.63, 3.8) is 0 Å². The maximum absolute atomic E-state index is 12.3. The Balaban J connectivity index is 2.17. The average Bonchev–Trinajstić information content (AvgIpc) is 2.28. The summed E-state index contributed by atoms with van der Waals surface area (Å²) in [6.45, 7) is 5.37. The lowest BCUT2D eigenvalue weighted by Gasteiger charge is -2.38. The summed E-state index contributed by atoms with van der Waals surface area (Å²) in [6, 6.07) is 7.87. The fourth-order valence-corrected chi connectivity index (χ4v) is 2.06. The predicted molar refractivity (Wildman–Crippen MR) is 71.5 cm³/mol. The molecule has 1 heterocycles. The minimum atomic E-state index is -0.538. The fourth-order valence-electron chi connectivity index (χ4n) is 2.06. The summed E-state index contributed by atoms with van der Waals surface area (Å²) < 4.78 is 5.12. The number of benzene rings is 1. The molecule has 1 aromatic carbocycles. The Bertz CT molecular complexity index is 434. The predicted octanol–water partition coefficient (Wildman–Crippen LogP) is 1.72. The number of hydrogen-bond acceptors (Lipinski definition) is 3. The van der Waals surface area contributed by atoms with E-state index in [1.165, 1.54) is 0 Å². The molecule has 0 radical (unpaired) electrons. The van der Waals surface area contributed by atoms with Crippen molar-refractivity contribution in [3.8, 4) is 0 Å². The van der Waals surface area contributed by atoms with Crippen LogP contribution >= 0.6 is 0 Å². The van der Waals surface area contributed by atoms with Crippen molar-refractivity contribution in [2.24, 2.45) is 11.1 Å². The SMILES string of the molecule is CC(C)c1ccccc1NC(=O)C1(CN)COC1. The molecule has 3 N–H and O–H groups in total. The molecule has 0 atom stereocenters. The van der Waals surface area contributed by atoms with Crippen LogP contribution in [0.25, 0.3) is 0 Å². The molecule has 1 saturated heterocycles. The first-order valence-electron chi connectivity index (χ1n) is 6.27. The monoisotopic (exact) mass is 248 g/mol. The van der Waals surface area contributed by atoms with Crippen molar-refractivity contribution in [2.75, 3.05) is 25.1 Å². The van der Waals surface area contributed by atoms with Crippen LogP contribution in [0.3, 0.4) is 0 Å². The van der Waals surface area contributed by atoms with Crippen LogP contribution < -0.4 is 11.1 Å². The normalized spacial score (nSPS) is 17.3. The lowest BCUT2D eigenvalue weighted by molar-refractivity contribution is -0.153. The van der Waals surface area contributed by atoms with E-state index in [2.05, 4.69) is 19.2 Å². The standard InChI is InChI=1S/C14H20N2O2/c1-10(2)11-5-3-4-6-12(11)16-13(17)14(7-15)8-18-9-14/h3-6,10H,7-9,15H2,1-2H3,(H,16,17). The number of carbonyl (C=O) groups is 1. The van der Waals surface area contributed by atoms with Crippen LogP contribution in [0.2, 0.25) is 0 Å². The molecule has 0 bridgehead atoms. The Morgan fingerprint density at radius 1 is 1.44 bits per heavy atom. The maximum Gasteiger partial charge on any atom is 0.236 e. The third-order valence-corrected chi connectivity index (χ3v) is 3.46. The fraction of sp³-hybridized carbons (Fsp3) is 0.500. The smallest absolute Gasteiger partial charge is 0.236 e. The Kier molecular flexibility index (Phi) is 3.68. The summed E-state index contributed by atoms with van der Waals surface area (Å²) in [5.41, 5.74) is 7.15. The van der Waals surface area contributed by atoms with E-state index >= 15 is 0 Å². The minimum absolute atomic E-state index is 0.0376. The molecule has 1 amide bonds. The van der Waals surface area contributed by atoms with Gasteiger partial charge >= 0.3 is 0 Å². The number of amides is 1. The van der Waals surface area contributed by atoms with Gasteiger partial charge in [-0.1, -0.05) is 32.0 Å². The highest BCUT2D eigenvalue weighted by Gasteiger charge is 2.44. The lowest BCUT2D eigenvalue weighted by Crippen LogP contribution is -2.56. The van der Waals surface area contributed by atoms with Gasteiger partial charge in [-0.05, 0) is 17.5 Å². The Labute approximate surface area is 108 Å². The van der Waals surface area contributed by atoms with Crippen molar-refractivity contribution < 1.29 is 9.53 Å². The van der Waals surface area contributed by atoms with Gasteiger partial charge in [0.15, 0.2) is 0 Å². The van der Waals surface area contributed by atoms with Crippen molar-refractivity contribution >= 4 is 11.6 Å². The molecule has 1 aromatic rings. The largest absolute Gasteiger partial charge is 0.379 e. The summed E-state index contributed by atoms with van der Waals surface area (Å²) >= 11 is 0. The molecule has 1 fully saturated rings. The van der Waals surface area contributed by atoms with Gasteiger partial charge in [-0.3, -0.25) is 4.79 Å². The number of carbonyl (C=O) groups excluding carboxylic acids is 1. The van der Waals surface area contributed by atoms with E-state index in [0.29, 0.717) is 25.7 Å². The van der Waals surface area contributed by atoms with E-state index in [0.717, 1.165) is 11.3 Å². The first-order valence-corrected chi connectivity index (χ1v) is 6.27. The molecule has 4 heteroatoms. The van der Waals surface area contributed by atoms with Gasteiger partial charge in [0.1, 0.15) is 5.41 Å². The number of anilines is 1. The molecular weight excluding hydrogens is 228 g/mol. The van der Waals surface area contributed by atoms with Crippen LogP contribution in [0.4, 0.5) is 5.69 Å². The second-order valence-electron chi connectivity index (χ2n) is 5.17. The molecule has 0 spiro atoms. The van der Waals surface area contributed by atoms with Crippen molar-refractivity contribution in [1.82, 2.24) is 0 Å². The van der Waals surface area contributed by atoms with Gasteiger partial charge in [0.25, 0.3) is 0 Å². The third kappa shape index (κ3) is 2.26. The van der Waals surface area contributed by atoms with Gasteiger partial charge in [-0.25, -0.2) is 0 Å². The van der Waals surface area contributed by atoms with E-state index in [1.54, 1.807) is 0 Å². The van der Waals surface area contributed by atoms with E-state index in [1.807, 2.05) is 24.3 Å². The van der Waals surface area contributed by atoms with E-state index in [9.17, 15) is 4.79 Å². The molecule has 1 aliphatic heterocycles. The first-order chi connectivity index (χ1) is 8.59. The van der Waals surface area contributed by atoms with Crippen molar-refractivity contribution in [2.45, 2.75) is 19.8 Å². The van der Waals surface area contributed by atoms with Crippen molar-refractivity contribution in [1.29, 1.82) is 0 Å². The summed E-state index contributed by atoms with van der Waals surface area (Å²) in [5.74, 6) is 0.331. The highest BCUT2D eigenvalue weighted by atomic mass is 16.5. The van der Waals surface area contributed by atoms with Gasteiger partial charge in [-0.15, -0.1) is 0 Å². The molecular formula is C14H20N2O2. The third-order valence-electron chi connectivity index (χ3n) is 3.46. The summed E-state index contributed by atoms with van der Waals surface area (Å²) in [7, 11) is 0. The summed E-state index contributed by atoms with van der Waals surface area (Å²) in [4.78, 5) is 12.3. The number of para-hydroxylation sites is 1. The maximum atomic E-state index is 12.3. The molecule has 98 valence electrons. The molecule has 4 nitrogen and oxygen atoms in total. The highest BCUT2D eigenvalue weighted by molar-refractivity contribution is 5.97. The van der Waals surface area contributed by atoms with Gasteiger partial charge in [0, 0.05) is 12.2 Å². The Morgan fingerprint density at radius 3 is 2.61 bits per heavy atom. The number of nitrogens with one attached hydrogen (secondary N) is 1. The van der Waals surface area contributed by atoms with Gasteiger partial charge in [0.2, 0.25) is 5.91 Å². The second-order valence-corrected chi connectivity index (χ2v) is 5.17. The molecule has 2 rings (SSSR count). The van der Waals surface area contributed by atoms with E-state index < -0.39 is 5.41 Å². The van der Waals surface area contributed by atoms with Gasteiger partial charge < -0.3 is 15.8 Å². The van der Waals surface area contributed by atoms with Crippen LogP contribution in [0.5, 0.6) is 0 Å². The lowest BCUT2D eigenvalue weighted by atomic mass is 9.85. The van der Waals surface area contributed by atoms with E-state index in [4.69, 9.17) is 10.5 Å². The molecule has 0 aromatic heterocycles. The quantitative estimate of drug-likeness (QED) is 0.852. The molecule has 0 aliphatic carbocycles. The van der Waals surface area contributed by atoms with Gasteiger partial charge in [0.05, 0.1) is 13.2 Å². The molecule has 18 heavy (non-hydrogen) atoms. The zero-order chi connectivity index (χ0) is 13.2. The molecule has 1 aliphatic rings. The zero-order valence-electron chi connectivity index (χ0n) is 10.9. The number of hydrogen-bond donors (Lipinski definition) is 2. The zero-order valence-corrected chi connectivity index (χ0v) is 10.9. The van der Waals surface area contributed by atoms with Crippen LogP contribution in [0.1, 0.15) is 25.3 Å². The van der Waals surface area contributed by atoms with Crippen molar-refractivity contribution in [3.05, 3.63) is 29.8 Å².